The molecule has 13 heteroatoms. The zero-order valence-corrected chi connectivity index (χ0v) is 19.0. The Morgan fingerprint density at radius 2 is 2.00 bits per heavy atom. The normalized spacial score (nSPS) is 18.8. The topological polar surface area (TPSA) is 123 Å². The van der Waals surface area contributed by atoms with Crippen LogP contribution in [-0.2, 0) is 33.1 Å². The summed E-state index contributed by atoms with van der Waals surface area (Å²) >= 11 is 0. The first-order chi connectivity index (χ1) is 16.5. The summed E-state index contributed by atoms with van der Waals surface area (Å²) in [5.74, 6) is -4.60. The molecular weight excluding hydrogens is 487 g/mol. The lowest BCUT2D eigenvalue weighted by Gasteiger charge is -2.36. The standard InChI is InChI=1S/C22H18F3N5O4S/c1-35(33,34)9-16(31)27-19-18(15-3-2-12(23)8-26-15)29-30-10-22(28-21(32)20(19)30)5-4-11-6-13(24)7-14(25)17(11)22/h2-3,6-8H,4-5,9-10H2,1H3,(H,27,31)(H,28,32)/t22-/m1/s1. The fourth-order valence-electron chi connectivity index (χ4n) is 4.72. The van der Waals surface area contributed by atoms with Gasteiger partial charge >= 0.3 is 0 Å². The van der Waals surface area contributed by atoms with Crippen LogP contribution in [0.3, 0.4) is 0 Å². The zero-order chi connectivity index (χ0) is 25.1. The van der Waals surface area contributed by atoms with Gasteiger partial charge in [0.25, 0.3) is 5.91 Å². The molecule has 0 radical (unpaired) electrons. The Morgan fingerprint density at radius 1 is 1.23 bits per heavy atom. The number of carbonyl (C=O) groups excluding carboxylic acids is 2. The minimum Gasteiger partial charge on any atom is -0.339 e. The maximum atomic E-state index is 14.8. The van der Waals surface area contributed by atoms with Crippen LogP contribution in [-0.4, -0.2) is 47.0 Å². The van der Waals surface area contributed by atoms with Crippen molar-refractivity contribution < 1.29 is 31.2 Å². The number of halogens is 3. The number of rotatable bonds is 4. The molecule has 9 nitrogen and oxygen atoms in total. The van der Waals surface area contributed by atoms with Gasteiger partial charge in [0.05, 0.1) is 24.0 Å². The van der Waals surface area contributed by atoms with Crippen LogP contribution in [0, 0.1) is 17.5 Å². The van der Waals surface area contributed by atoms with Crippen LogP contribution in [0.2, 0.25) is 0 Å². The van der Waals surface area contributed by atoms with E-state index < -0.39 is 50.4 Å². The molecule has 1 aliphatic heterocycles. The molecule has 0 saturated heterocycles. The number of amides is 2. The molecule has 1 aromatic carbocycles. The zero-order valence-electron chi connectivity index (χ0n) is 18.2. The van der Waals surface area contributed by atoms with Gasteiger partial charge in [-0.05, 0) is 36.6 Å². The molecule has 182 valence electrons. The van der Waals surface area contributed by atoms with Crippen LogP contribution in [0.4, 0.5) is 18.9 Å². The molecule has 2 aliphatic rings. The third-order valence-electron chi connectivity index (χ3n) is 6.00. The van der Waals surface area contributed by atoms with E-state index in [1.807, 2.05) is 0 Å². The minimum absolute atomic E-state index is 0.00634. The van der Waals surface area contributed by atoms with Gasteiger partial charge in [0.15, 0.2) is 15.5 Å². The number of fused-ring (bicyclic) bond motifs is 3. The number of aromatic nitrogens is 3. The Bertz CT molecular complexity index is 1500. The van der Waals surface area contributed by atoms with Crippen LogP contribution in [0.25, 0.3) is 11.4 Å². The first kappa shape index (κ1) is 23.0. The molecule has 1 atom stereocenters. The minimum atomic E-state index is -3.68. The van der Waals surface area contributed by atoms with E-state index in [0.717, 1.165) is 24.6 Å². The highest BCUT2D eigenvalue weighted by Crippen LogP contribution is 2.44. The lowest BCUT2D eigenvalue weighted by Crippen LogP contribution is -2.53. The monoisotopic (exact) mass is 505 g/mol. The van der Waals surface area contributed by atoms with Gasteiger partial charge < -0.3 is 10.6 Å². The third-order valence-corrected chi connectivity index (χ3v) is 6.79. The van der Waals surface area contributed by atoms with E-state index in [1.165, 1.54) is 16.8 Å². The van der Waals surface area contributed by atoms with Crippen molar-refractivity contribution >= 4 is 27.3 Å². The maximum Gasteiger partial charge on any atom is 0.272 e. The van der Waals surface area contributed by atoms with Gasteiger partial charge in [0.1, 0.15) is 34.6 Å². The summed E-state index contributed by atoms with van der Waals surface area (Å²) in [4.78, 5) is 29.7. The van der Waals surface area contributed by atoms with Crippen molar-refractivity contribution in [2.45, 2.75) is 24.9 Å². The molecule has 5 rings (SSSR count). The summed E-state index contributed by atoms with van der Waals surface area (Å²) in [5, 5.41) is 9.60. The average molecular weight is 505 g/mol. The van der Waals surface area contributed by atoms with Crippen molar-refractivity contribution in [1.82, 2.24) is 20.1 Å². The second-order valence-corrected chi connectivity index (χ2v) is 10.8. The highest BCUT2D eigenvalue weighted by atomic mass is 32.2. The predicted octanol–water partition coefficient (Wildman–Crippen LogP) is 1.93. The Hall–Kier alpha value is -3.74. The van der Waals surface area contributed by atoms with Gasteiger partial charge in [-0.3, -0.25) is 19.3 Å². The lowest BCUT2D eigenvalue weighted by molar-refractivity contribution is -0.113. The molecule has 2 aromatic heterocycles. The maximum absolute atomic E-state index is 14.8. The SMILES string of the molecule is CS(=O)(=O)CC(=O)Nc1c(-c2ccc(F)cn2)nn2c1C(=O)N[C@]1(CCc3cc(F)cc(F)c31)C2. The number of anilines is 1. The summed E-state index contributed by atoms with van der Waals surface area (Å²) in [6.07, 6.45) is 2.42. The van der Waals surface area contributed by atoms with Crippen molar-refractivity contribution in [3.63, 3.8) is 0 Å². The third kappa shape index (κ3) is 4.05. The summed E-state index contributed by atoms with van der Waals surface area (Å²) in [7, 11) is -3.68. The molecule has 1 aliphatic carbocycles. The number of nitrogens with zero attached hydrogens (tertiary/aromatic N) is 3. The predicted molar refractivity (Wildman–Crippen MR) is 118 cm³/mol. The van der Waals surface area contributed by atoms with E-state index in [2.05, 4.69) is 20.7 Å². The fraction of sp³-hybridized carbons (Fsp3) is 0.273. The Morgan fingerprint density at radius 3 is 2.69 bits per heavy atom. The van der Waals surface area contributed by atoms with Gasteiger partial charge in [-0.15, -0.1) is 0 Å². The number of hydrogen-bond donors (Lipinski definition) is 2. The molecule has 2 N–H and O–H groups in total. The van der Waals surface area contributed by atoms with Crippen molar-refractivity contribution in [3.8, 4) is 11.4 Å². The van der Waals surface area contributed by atoms with E-state index in [1.54, 1.807) is 0 Å². The van der Waals surface area contributed by atoms with Crippen molar-refractivity contribution in [1.29, 1.82) is 0 Å². The summed E-state index contributed by atoms with van der Waals surface area (Å²) in [6.45, 7) is -0.0419. The molecule has 35 heavy (non-hydrogen) atoms. The van der Waals surface area contributed by atoms with Crippen molar-refractivity contribution in [3.05, 3.63) is 64.7 Å². The molecule has 0 unspecified atom stereocenters. The summed E-state index contributed by atoms with van der Waals surface area (Å²) in [6, 6.07) is 4.38. The number of benzene rings is 1. The first-order valence-electron chi connectivity index (χ1n) is 10.5. The molecule has 3 aromatic rings. The van der Waals surface area contributed by atoms with E-state index in [9.17, 15) is 31.2 Å². The fourth-order valence-corrected chi connectivity index (χ4v) is 5.27. The van der Waals surface area contributed by atoms with Crippen LogP contribution >= 0.6 is 0 Å². The van der Waals surface area contributed by atoms with Gasteiger partial charge in [-0.1, -0.05) is 0 Å². The number of nitrogens with one attached hydrogen (secondary N) is 2. The van der Waals surface area contributed by atoms with Gasteiger partial charge in [-0.25, -0.2) is 21.6 Å². The first-order valence-corrected chi connectivity index (χ1v) is 12.5. The number of carbonyl (C=O) groups is 2. The van der Waals surface area contributed by atoms with E-state index in [4.69, 9.17) is 0 Å². The highest BCUT2D eigenvalue weighted by Gasteiger charge is 2.48. The number of sulfone groups is 1. The largest absolute Gasteiger partial charge is 0.339 e. The molecular formula is C22H18F3N5O4S. The van der Waals surface area contributed by atoms with Crippen molar-refractivity contribution in [2.75, 3.05) is 17.3 Å². The number of aryl methyl sites for hydroxylation is 1. The average Bonchev–Trinajstić information content (AvgIpc) is 3.26. The summed E-state index contributed by atoms with van der Waals surface area (Å²) < 4.78 is 66.4. The Labute approximate surface area is 197 Å². The van der Waals surface area contributed by atoms with E-state index in [-0.39, 0.29) is 41.3 Å². The molecule has 3 heterocycles. The van der Waals surface area contributed by atoms with Gasteiger partial charge in [0.2, 0.25) is 5.91 Å². The number of hydrogen-bond acceptors (Lipinski definition) is 6. The summed E-state index contributed by atoms with van der Waals surface area (Å²) in [5.41, 5.74) is -0.697. The van der Waals surface area contributed by atoms with Gasteiger partial charge in [0, 0.05) is 17.9 Å². The molecule has 0 bridgehead atoms. The molecule has 1 spiro atoms. The van der Waals surface area contributed by atoms with Crippen molar-refractivity contribution in [2.24, 2.45) is 0 Å². The second kappa shape index (κ2) is 7.90. The van der Waals surface area contributed by atoms with Crippen LogP contribution in [0.5, 0.6) is 0 Å². The molecule has 2 amide bonds. The Balaban J connectivity index is 1.63. The quantitative estimate of drug-likeness (QED) is 0.559. The number of pyridine rings is 1. The van der Waals surface area contributed by atoms with E-state index >= 15 is 0 Å². The second-order valence-electron chi connectivity index (χ2n) is 8.67. The highest BCUT2D eigenvalue weighted by molar-refractivity contribution is 7.91. The lowest BCUT2D eigenvalue weighted by atomic mass is 9.89. The van der Waals surface area contributed by atoms with Crippen LogP contribution < -0.4 is 10.6 Å². The smallest absolute Gasteiger partial charge is 0.272 e. The molecule has 0 fully saturated rings. The van der Waals surface area contributed by atoms with Crippen LogP contribution in [0.1, 0.15) is 28.0 Å². The molecule has 0 saturated carbocycles. The van der Waals surface area contributed by atoms with E-state index in [0.29, 0.717) is 12.0 Å². The van der Waals surface area contributed by atoms with Crippen LogP contribution in [0.15, 0.2) is 30.5 Å². The van der Waals surface area contributed by atoms with Gasteiger partial charge in [-0.2, -0.15) is 5.10 Å². The Kier molecular flexibility index (Phi) is 5.20.